The molecule has 1 heteroatoms. The highest BCUT2D eigenvalue weighted by atomic mass is 14.9. The molecule has 0 aliphatic carbocycles. The van der Waals surface area contributed by atoms with Crippen molar-refractivity contribution in [1.29, 1.82) is 0 Å². The lowest BCUT2D eigenvalue weighted by atomic mass is 10.0. The Bertz CT molecular complexity index is 138. The zero-order valence-electron chi connectivity index (χ0n) is 11.1. The molecule has 1 saturated heterocycles. The van der Waals surface area contributed by atoms with Gasteiger partial charge < -0.3 is 5.32 Å². The van der Waals surface area contributed by atoms with Crippen LogP contribution in [-0.4, -0.2) is 12.6 Å². The van der Waals surface area contributed by atoms with E-state index in [0.717, 1.165) is 6.04 Å². The van der Waals surface area contributed by atoms with Gasteiger partial charge in [0.1, 0.15) is 0 Å². The summed E-state index contributed by atoms with van der Waals surface area (Å²) in [5.74, 6) is 0. The van der Waals surface area contributed by atoms with Crippen molar-refractivity contribution in [2.45, 2.75) is 83.6 Å². The Morgan fingerprint density at radius 1 is 1.00 bits per heavy atom. The van der Waals surface area contributed by atoms with Crippen molar-refractivity contribution in [3.63, 3.8) is 0 Å². The summed E-state index contributed by atoms with van der Waals surface area (Å²) in [7, 11) is 0. The van der Waals surface area contributed by atoms with Gasteiger partial charge >= 0.3 is 0 Å². The molecule has 0 aromatic rings. The van der Waals surface area contributed by atoms with Crippen LogP contribution in [-0.2, 0) is 0 Å². The fourth-order valence-electron chi connectivity index (χ4n) is 2.51. The van der Waals surface area contributed by atoms with Crippen LogP contribution in [0.2, 0.25) is 0 Å². The molecule has 0 aromatic heterocycles. The predicted octanol–water partition coefficient (Wildman–Crippen LogP) is 4.47. The molecule has 16 heavy (non-hydrogen) atoms. The molecule has 1 aliphatic heterocycles. The maximum Gasteiger partial charge on any atom is 0.00990 e. The summed E-state index contributed by atoms with van der Waals surface area (Å²) < 4.78 is 0. The van der Waals surface area contributed by atoms with E-state index in [0.29, 0.717) is 0 Å². The third-order valence-electron chi connectivity index (χ3n) is 3.61. The van der Waals surface area contributed by atoms with E-state index in [2.05, 4.69) is 18.7 Å². The molecule has 1 rings (SSSR count). The van der Waals surface area contributed by atoms with Gasteiger partial charge in [-0.05, 0) is 32.2 Å². The smallest absolute Gasteiger partial charge is 0.00990 e. The van der Waals surface area contributed by atoms with Crippen LogP contribution >= 0.6 is 0 Å². The van der Waals surface area contributed by atoms with E-state index in [1.165, 1.54) is 77.2 Å². The molecule has 1 aliphatic rings. The zero-order chi connectivity index (χ0) is 11.5. The average Bonchev–Trinajstić information content (AvgIpc) is 2.80. The van der Waals surface area contributed by atoms with E-state index in [-0.39, 0.29) is 0 Å². The largest absolute Gasteiger partial charge is 0.314 e. The molecule has 0 amide bonds. The van der Waals surface area contributed by atoms with Gasteiger partial charge in [-0.2, -0.15) is 0 Å². The molecule has 1 nitrogen and oxygen atoms in total. The van der Waals surface area contributed by atoms with Gasteiger partial charge in [0.2, 0.25) is 0 Å². The monoisotopic (exact) mass is 224 g/mol. The molecule has 0 spiro atoms. The van der Waals surface area contributed by atoms with Gasteiger partial charge in [-0.1, -0.05) is 58.3 Å². The van der Waals surface area contributed by atoms with Crippen molar-refractivity contribution >= 4 is 0 Å². The Morgan fingerprint density at radius 2 is 1.69 bits per heavy atom. The Morgan fingerprint density at radius 3 is 2.31 bits per heavy atom. The van der Waals surface area contributed by atoms with Crippen molar-refractivity contribution < 1.29 is 0 Å². The molecule has 1 radical (unpaired) electrons. The van der Waals surface area contributed by atoms with Crippen LogP contribution in [0.1, 0.15) is 77.6 Å². The van der Waals surface area contributed by atoms with Crippen LogP contribution in [0.25, 0.3) is 0 Å². The van der Waals surface area contributed by atoms with E-state index in [9.17, 15) is 0 Å². The molecule has 0 bridgehead atoms. The van der Waals surface area contributed by atoms with Crippen molar-refractivity contribution in [2.75, 3.05) is 6.54 Å². The van der Waals surface area contributed by atoms with E-state index in [1.54, 1.807) is 0 Å². The first kappa shape index (κ1) is 14.0. The fourth-order valence-corrected chi connectivity index (χ4v) is 2.51. The molecule has 0 saturated carbocycles. The third kappa shape index (κ3) is 7.27. The lowest BCUT2D eigenvalue weighted by Crippen LogP contribution is -2.21. The Balaban J connectivity index is 1.71. The summed E-state index contributed by atoms with van der Waals surface area (Å²) >= 11 is 0. The van der Waals surface area contributed by atoms with Crippen molar-refractivity contribution in [3.8, 4) is 0 Å². The van der Waals surface area contributed by atoms with Gasteiger partial charge in [0.05, 0.1) is 0 Å². The van der Waals surface area contributed by atoms with Gasteiger partial charge in [-0.15, -0.1) is 0 Å². The highest BCUT2D eigenvalue weighted by Crippen LogP contribution is 2.14. The summed E-state index contributed by atoms with van der Waals surface area (Å²) in [6.07, 6.45) is 18.0. The van der Waals surface area contributed by atoms with Gasteiger partial charge in [-0.3, -0.25) is 0 Å². The van der Waals surface area contributed by atoms with Crippen LogP contribution in [0.4, 0.5) is 0 Å². The molecule has 1 fully saturated rings. The summed E-state index contributed by atoms with van der Waals surface area (Å²) in [6, 6.07) is 0.740. The van der Waals surface area contributed by atoms with E-state index in [1.807, 2.05) is 0 Å². The van der Waals surface area contributed by atoms with Crippen LogP contribution in [0.15, 0.2) is 0 Å². The van der Waals surface area contributed by atoms with Crippen LogP contribution in [0.5, 0.6) is 0 Å². The molecular weight excluding hydrogens is 194 g/mol. The number of nitrogens with one attached hydrogen (secondary N) is 1. The Labute approximate surface area is 102 Å². The lowest BCUT2D eigenvalue weighted by molar-refractivity contribution is 0.561. The number of hydrogen-bond donors (Lipinski definition) is 1. The predicted molar refractivity (Wildman–Crippen MR) is 72.6 cm³/mol. The molecule has 1 heterocycles. The Hall–Kier alpha value is -0.0400. The summed E-state index contributed by atoms with van der Waals surface area (Å²) in [5.41, 5.74) is 0. The minimum absolute atomic E-state index is 0.740. The van der Waals surface area contributed by atoms with Gasteiger partial charge in [-0.25, -0.2) is 0 Å². The number of hydrogen-bond acceptors (Lipinski definition) is 1. The number of rotatable bonds is 10. The molecule has 1 atom stereocenters. The third-order valence-corrected chi connectivity index (χ3v) is 3.61. The maximum atomic E-state index is 3.53. The van der Waals surface area contributed by atoms with Crippen LogP contribution < -0.4 is 5.32 Å². The molecule has 0 aromatic carbocycles. The maximum absolute atomic E-state index is 3.53. The Kier molecular flexibility index (Phi) is 8.88. The molecular formula is C15H30N. The highest BCUT2D eigenvalue weighted by molar-refractivity contribution is 4.86. The first-order valence-corrected chi connectivity index (χ1v) is 7.50. The summed E-state index contributed by atoms with van der Waals surface area (Å²) in [5, 5.41) is 3.53. The molecule has 1 N–H and O–H groups in total. The van der Waals surface area contributed by atoms with Crippen molar-refractivity contribution in [2.24, 2.45) is 0 Å². The van der Waals surface area contributed by atoms with Gasteiger partial charge in [0, 0.05) is 6.04 Å². The summed E-state index contributed by atoms with van der Waals surface area (Å²) in [6.45, 7) is 3.52. The van der Waals surface area contributed by atoms with E-state index < -0.39 is 0 Å². The standard InChI is InChI=1S/C15H30N/c1-2-3-4-5-6-7-8-9-10-12-15-13-11-14-16-15/h12,15-16H,2-11,13-14H2,1H3. The first-order chi connectivity index (χ1) is 7.93. The lowest BCUT2D eigenvalue weighted by Gasteiger charge is -2.08. The average molecular weight is 224 g/mol. The SMILES string of the molecule is CCCCCCCCCC[CH]C1CCCN1. The fraction of sp³-hybridized carbons (Fsp3) is 0.933. The van der Waals surface area contributed by atoms with Gasteiger partial charge in [0.25, 0.3) is 0 Å². The zero-order valence-corrected chi connectivity index (χ0v) is 11.1. The second kappa shape index (κ2) is 10.1. The minimum Gasteiger partial charge on any atom is -0.314 e. The van der Waals surface area contributed by atoms with Gasteiger partial charge in [0.15, 0.2) is 0 Å². The van der Waals surface area contributed by atoms with Crippen LogP contribution in [0, 0.1) is 6.42 Å². The topological polar surface area (TPSA) is 12.0 Å². The minimum atomic E-state index is 0.740. The second-order valence-electron chi connectivity index (χ2n) is 5.20. The van der Waals surface area contributed by atoms with Crippen molar-refractivity contribution in [1.82, 2.24) is 5.32 Å². The molecule has 95 valence electrons. The normalized spacial score (nSPS) is 20.4. The van der Waals surface area contributed by atoms with E-state index >= 15 is 0 Å². The quantitative estimate of drug-likeness (QED) is 0.540. The first-order valence-electron chi connectivity index (χ1n) is 7.50. The summed E-state index contributed by atoms with van der Waals surface area (Å²) in [4.78, 5) is 0. The molecule has 1 unspecified atom stereocenters. The number of unbranched alkanes of at least 4 members (excludes halogenated alkanes) is 8. The van der Waals surface area contributed by atoms with Crippen LogP contribution in [0.3, 0.4) is 0 Å². The van der Waals surface area contributed by atoms with Crippen molar-refractivity contribution in [3.05, 3.63) is 6.42 Å². The second-order valence-corrected chi connectivity index (χ2v) is 5.20. The van der Waals surface area contributed by atoms with E-state index in [4.69, 9.17) is 0 Å². The highest BCUT2D eigenvalue weighted by Gasteiger charge is 2.12.